The number of aryl methyl sites for hydroxylation is 1. The molecule has 0 amide bonds. The highest BCUT2D eigenvalue weighted by molar-refractivity contribution is 5.47. The summed E-state index contributed by atoms with van der Waals surface area (Å²) in [7, 11) is 1.73. The molecule has 1 heterocycles. The Morgan fingerprint density at radius 2 is 2.16 bits per heavy atom. The number of pyridine rings is 1. The average Bonchev–Trinajstić information content (AvgIpc) is 2.41. The summed E-state index contributed by atoms with van der Waals surface area (Å²) in [4.78, 5) is 6.84. The van der Waals surface area contributed by atoms with Crippen LogP contribution in [0.25, 0.3) is 0 Å². The molecule has 4 heteroatoms. The Bertz CT molecular complexity index is 382. The maximum absolute atomic E-state index is 5.99. The molecule has 0 aromatic carbocycles. The summed E-state index contributed by atoms with van der Waals surface area (Å²) in [6.07, 6.45) is 3.85. The fourth-order valence-corrected chi connectivity index (χ4v) is 2.13. The van der Waals surface area contributed by atoms with Crippen LogP contribution in [0.5, 0.6) is 0 Å². The molecule has 108 valence electrons. The zero-order valence-corrected chi connectivity index (χ0v) is 12.6. The van der Waals surface area contributed by atoms with Gasteiger partial charge in [0.1, 0.15) is 5.82 Å². The maximum atomic E-state index is 5.99. The van der Waals surface area contributed by atoms with Crippen molar-refractivity contribution in [1.82, 2.24) is 4.98 Å². The van der Waals surface area contributed by atoms with Crippen molar-refractivity contribution in [1.29, 1.82) is 0 Å². The SMILES string of the molecule is CCC(N)Cc1cnc(N(CC)CCOC)c(C)c1. The van der Waals surface area contributed by atoms with E-state index in [-0.39, 0.29) is 6.04 Å². The number of methoxy groups -OCH3 is 1. The Labute approximate surface area is 117 Å². The normalized spacial score (nSPS) is 12.5. The Morgan fingerprint density at radius 1 is 1.42 bits per heavy atom. The molecule has 1 atom stereocenters. The molecule has 0 saturated heterocycles. The lowest BCUT2D eigenvalue weighted by Gasteiger charge is -2.23. The van der Waals surface area contributed by atoms with Crippen molar-refractivity contribution >= 4 is 5.82 Å². The summed E-state index contributed by atoms with van der Waals surface area (Å²) in [6.45, 7) is 8.89. The number of nitrogens with zero attached hydrogens (tertiary/aromatic N) is 2. The molecule has 2 N–H and O–H groups in total. The molecule has 4 nitrogen and oxygen atoms in total. The predicted molar refractivity (Wildman–Crippen MR) is 80.7 cm³/mol. The van der Waals surface area contributed by atoms with E-state index in [9.17, 15) is 0 Å². The van der Waals surface area contributed by atoms with Gasteiger partial charge in [0, 0.05) is 32.4 Å². The Balaban J connectivity index is 2.80. The Kier molecular flexibility index (Phi) is 6.81. The van der Waals surface area contributed by atoms with Crippen LogP contribution < -0.4 is 10.6 Å². The molecule has 19 heavy (non-hydrogen) atoms. The van der Waals surface area contributed by atoms with Crippen molar-refractivity contribution in [3.8, 4) is 0 Å². The first-order valence-electron chi connectivity index (χ1n) is 7.07. The fourth-order valence-electron chi connectivity index (χ4n) is 2.13. The van der Waals surface area contributed by atoms with Crippen LogP contribution in [0.15, 0.2) is 12.3 Å². The van der Waals surface area contributed by atoms with Gasteiger partial charge in [-0.25, -0.2) is 4.98 Å². The molecule has 0 saturated carbocycles. The molecule has 0 aliphatic carbocycles. The van der Waals surface area contributed by atoms with Gasteiger partial charge in [-0.1, -0.05) is 13.0 Å². The van der Waals surface area contributed by atoms with Gasteiger partial charge in [0.25, 0.3) is 0 Å². The highest BCUT2D eigenvalue weighted by atomic mass is 16.5. The maximum Gasteiger partial charge on any atom is 0.131 e. The molecule has 1 aromatic rings. The summed E-state index contributed by atoms with van der Waals surface area (Å²) in [5.41, 5.74) is 8.42. The molecule has 1 aromatic heterocycles. The monoisotopic (exact) mass is 265 g/mol. The van der Waals surface area contributed by atoms with Crippen molar-refractivity contribution in [2.45, 2.75) is 39.7 Å². The van der Waals surface area contributed by atoms with Crippen molar-refractivity contribution in [3.63, 3.8) is 0 Å². The summed E-state index contributed by atoms with van der Waals surface area (Å²) < 4.78 is 5.14. The average molecular weight is 265 g/mol. The van der Waals surface area contributed by atoms with E-state index in [2.05, 4.69) is 36.7 Å². The van der Waals surface area contributed by atoms with E-state index in [4.69, 9.17) is 10.5 Å². The molecule has 0 spiro atoms. The molecule has 0 fully saturated rings. The Morgan fingerprint density at radius 3 is 2.68 bits per heavy atom. The van der Waals surface area contributed by atoms with Gasteiger partial charge in [-0.2, -0.15) is 0 Å². The first kappa shape index (κ1) is 15.9. The third-order valence-electron chi connectivity index (χ3n) is 3.38. The van der Waals surface area contributed by atoms with Gasteiger partial charge in [-0.05, 0) is 37.8 Å². The molecular formula is C15H27N3O. The molecular weight excluding hydrogens is 238 g/mol. The molecule has 1 rings (SSSR count). The quantitative estimate of drug-likeness (QED) is 0.782. The largest absolute Gasteiger partial charge is 0.383 e. The van der Waals surface area contributed by atoms with E-state index in [0.717, 1.165) is 38.4 Å². The first-order chi connectivity index (χ1) is 9.12. The molecule has 0 radical (unpaired) electrons. The summed E-state index contributed by atoms with van der Waals surface area (Å²) in [5, 5.41) is 0. The van der Waals surface area contributed by atoms with Gasteiger partial charge in [-0.15, -0.1) is 0 Å². The number of ether oxygens (including phenoxy) is 1. The van der Waals surface area contributed by atoms with Gasteiger partial charge in [0.15, 0.2) is 0 Å². The molecule has 1 unspecified atom stereocenters. The van der Waals surface area contributed by atoms with Gasteiger partial charge in [0.2, 0.25) is 0 Å². The van der Waals surface area contributed by atoms with Crippen LogP contribution in [0, 0.1) is 6.92 Å². The zero-order valence-electron chi connectivity index (χ0n) is 12.6. The van der Waals surface area contributed by atoms with E-state index in [1.165, 1.54) is 11.1 Å². The number of likely N-dealkylation sites (N-methyl/N-ethyl adjacent to an activating group) is 1. The topological polar surface area (TPSA) is 51.4 Å². The van der Waals surface area contributed by atoms with Gasteiger partial charge in [0.05, 0.1) is 6.61 Å². The minimum absolute atomic E-state index is 0.225. The first-order valence-corrected chi connectivity index (χ1v) is 7.07. The van der Waals surface area contributed by atoms with Crippen LogP contribution in [0.3, 0.4) is 0 Å². The zero-order chi connectivity index (χ0) is 14.3. The van der Waals surface area contributed by atoms with Crippen LogP contribution in [-0.4, -0.2) is 37.8 Å². The molecule has 0 aliphatic rings. The number of anilines is 1. The van der Waals surface area contributed by atoms with Crippen LogP contribution in [-0.2, 0) is 11.2 Å². The van der Waals surface area contributed by atoms with Crippen LogP contribution in [0.2, 0.25) is 0 Å². The van der Waals surface area contributed by atoms with Crippen molar-refractivity contribution in [3.05, 3.63) is 23.4 Å². The van der Waals surface area contributed by atoms with Gasteiger partial charge >= 0.3 is 0 Å². The number of hydrogen-bond donors (Lipinski definition) is 1. The minimum atomic E-state index is 0.225. The molecule has 0 bridgehead atoms. The van der Waals surface area contributed by atoms with Gasteiger partial charge in [-0.3, -0.25) is 0 Å². The predicted octanol–water partition coefficient (Wildman–Crippen LogP) is 2.14. The summed E-state index contributed by atoms with van der Waals surface area (Å²) in [5.74, 6) is 1.05. The second-order valence-electron chi connectivity index (χ2n) is 4.93. The number of hydrogen-bond acceptors (Lipinski definition) is 4. The second kappa shape index (κ2) is 8.12. The van der Waals surface area contributed by atoms with Crippen molar-refractivity contribution in [2.75, 3.05) is 31.7 Å². The third-order valence-corrected chi connectivity index (χ3v) is 3.38. The standard InChI is InChI=1S/C15H27N3O/c1-5-14(16)10-13-9-12(3)15(17-11-13)18(6-2)7-8-19-4/h9,11,14H,5-8,10,16H2,1-4H3. The van der Waals surface area contributed by atoms with E-state index in [1.807, 2.05) is 6.20 Å². The van der Waals surface area contributed by atoms with Gasteiger partial charge < -0.3 is 15.4 Å². The van der Waals surface area contributed by atoms with E-state index in [0.29, 0.717) is 0 Å². The minimum Gasteiger partial charge on any atom is -0.383 e. The third kappa shape index (κ3) is 4.80. The highest BCUT2D eigenvalue weighted by Gasteiger charge is 2.10. The van der Waals surface area contributed by atoms with Crippen LogP contribution in [0.1, 0.15) is 31.4 Å². The Hall–Kier alpha value is -1.13. The number of rotatable bonds is 8. The lowest BCUT2D eigenvalue weighted by Crippen LogP contribution is -2.28. The van der Waals surface area contributed by atoms with Crippen molar-refractivity contribution in [2.24, 2.45) is 5.73 Å². The van der Waals surface area contributed by atoms with Crippen LogP contribution in [0.4, 0.5) is 5.82 Å². The fraction of sp³-hybridized carbons (Fsp3) is 0.667. The van der Waals surface area contributed by atoms with E-state index in [1.54, 1.807) is 7.11 Å². The second-order valence-corrected chi connectivity index (χ2v) is 4.93. The lowest BCUT2D eigenvalue weighted by molar-refractivity contribution is 0.205. The van der Waals surface area contributed by atoms with E-state index >= 15 is 0 Å². The number of nitrogens with two attached hydrogens (primary N) is 1. The molecule has 0 aliphatic heterocycles. The van der Waals surface area contributed by atoms with Crippen LogP contribution >= 0.6 is 0 Å². The number of aromatic nitrogens is 1. The summed E-state index contributed by atoms with van der Waals surface area (Å²) in [6, 6.07) is 2.43. The highest BCUT2D eigenvalue weighted by Crippen LogP contribution is 2.18. The summed E-state index contributed by atoms with van der Waals surface area (Å²) >= 11 is 0. The van der Waals surface area contributed by atoms with Crippen molar-refractivity contribution < 1.29 is 4.74 Å². The smallest absolute Gasteiger partial charge is 0.131 e. The van der Waals surface area contributed by atoms with E-state index < -0.39 is 0 Å². The lowest BCUT2D eigenvalue weighted by atomic mass is 10.0.